The molecule has 0 aliphatic rings. The van der Waals surface area contributed by atoms with Crippen LogP contribution in [-0.4, -0.2) is 10.2 Å². The van der Waals surface area contributed by atoms with Crippen LogP contribution in [0.3, 0.4) is 0 Å². The minimum absolute atomic E-state index is 0.392. The molecule has 0 aliphatic heterocycles. The number of aromatic amines is 1. The smallest absolute Gasteiger partial charge is 0.153 e. The summed E-state index contributed by atoms with van der Waals surface area (Å²) in [5.74, 6) is 0.392. The van der Waals surface area contributed by atoms with E-state index in [-0.39, 0.29) is 0 Å². The van der Waals surface area contributed by atoms with Crippen molar-refractivity contribution in [3.05, 3.63) is 57.5 Å². The molecule has 6 heteroatoms. The molecule has 0 aliphatic carbocycles. The molecule has 0 spiro atoms. The van der Waals surface area contributed by atoms with Gasteiger partial charge in [-0.3, -0.25) is 5.10 Å². The molecule has 106 valence electrons. The van der Waals surface area contributed by atoms with Crippen molar-refractivity contribution in [2.24, 2.45) is 0 Å². The summed E-state index contributed by atoms with van der Waals surface area (Å²) in [6.45, 7) is 0. The van der Waals surface area contributed by atoms with Gasteiger partial charge in [0.05, 0.1) is 21.3 Å². The molecule has 3 rings (SSSR count). The van der Waals surface area contributed by atoms with Gasteiger partial charge in [-0.25, -0.2) is 0 Å². The molecule has 0 saturated heterocycles. The van der Waals surface area contributed by atoms with Crippen molar-refractivity contribution < 1.29 is 0 Å². The van der Waals surface area contributed by atoms with Crippen LogP contribution >= 0.6 is 34.8 Å². The van der Waals surface area contributed by atoms with Gasteiger partial charge in [0.2, 0.25) is 0 Å². The van der Waals surface area contributed by atoms with Gasteiger partial charge in [0.15, 0.2) is 5.82 Å². The summed E-state index contributed by atoms with van der Waals surface area (Å²) >= 11 is 18.1. The third-order valence-corrected chi connectivity index (χ3v) is 4.09. The van der Waals surface area contributed by atoms with E-state index >= 15 is 0 Å². The van der Waals surface area contributed by atoms with Gasteiger partial charge < -0.3 is 5.73 Å². The fourth-order valence-corrected chi connectivity index (χ4v) is 2.64. The summed E-state index contributed by atoms with van der Waals surface area (Å²) in [4.78, 5) is 0. The molecule has 0 bridgehead atoms. The highest BCUT2D eigenvalue weighted by molar-refractivity contribution is 6.42. The molecular formula is C15H10Cl3N3. The predicted molar refractivity (Wildman–Crippen MR) is 88.9 cm³/mol. The van der Waals surface area contributed by atoms with Crippen LogP contribution in [0.4, 0.5) is 5.82 Å². The largest absolute Gasteiger partial charge is 0.382 e. The number of hydrogen-bond donors (Lipinski definition) is 2. The second-order valence-electron chi connectivity index (χ2n) is 4.50. The van der Waals surface area contributed by atoms with Crippen LogP contribution in [0.2, 0.25) is 15.1 Å². The number of nitrogens with one attached hydrogen (secondary N) is 1. The minimum Gasteiger partial charge on any atom is -0.382 e. The Bertz CT molecular complexity index is 812. The molecule has 0 fully saturated rings. The zero-order valence-corrected chi connectivity index (χ0v) is 13.0. The fourth-order valence-electron chi connectivity index (χ4n) is 2.15. The monoisotopic (exact) mass is 337 g/mol. The Hall–Kier alpha value is -1.68. The second kappa shape index (κ2) is 5.60. The van der Waals surface area contributed by atoms with E-state index < -0.39 is 0 Å². The van der Waals surface area contributed by atoms with E-state index in [9.17, 15) is 0 Å². The van der Waals surface area contributed by atoms with Crippen LogP contribution in [-0.2, 0) is 0 Å². The SMILES string of the molecule is Nc1n[nH]c(-c2cccc(Cl)c2)c1-c1ccc(Cl)c(Cl)c1. The van der Waals surface area contributed by atoms with E-state index in [1.54, 1.807) is 12.1 Å². The van der Waals surface area contributed by atoms with Crippen LogP contribution in [0.5, 0.6) is 0 Å². The van der Waals surface area contributed by atoms with Gasteiger partial charge in [-0.2, -0.15) is 5.10 Å². The van der Waals surface area contributed by atoms with Crippen LogP contribution in [0.1, 0.15) is 0 Å². The third kappa shape index (κ3) is 2.72. The number of nitrogen functional groups attached to an aromatic ring is 1. The molecule has 0 amide bonds. The predicted octanol–water partition coefficient (Wildman–Crippen LogP) is 5.29. The van der Waals surface area contributed by atoms with Crippen LogP contribution in [0.15, 0.2) is 42.5 Å². The number of halogens is 3. The summed E-state index contributed by atoms with van der Waals surface area (Å²) in [5.41, 5.74) is 9.28. The summed E-state index contributed by atoms with van der Waals surface area (Å²) in [6.07, 6.45) is 0. The molecule has 0 radical (unpaired) electrons. The molecule has 2 aromatic carbocycles. The topological polar surface area (TPSA) is 54.7 Å². The molecule has 21 heavy (non-hydrogen) atoms. The standard InChI is InChI=1S/C15H10Cl3N3/c16-10-3-1-2-9(6-10)14-13(15(19)21-20-14)8-4-5-11(17)12(18)7-8/h1-7H,(H3,19,20,21). The van der Waals surface area contributed by atoms with E-state index in [1.807, 2.05) is 30.3 Å². The van der Waals surface area contributed by atoms with E-state index in [2.05, 4.69) is 10.2 Å². The maximum Gasteiger partial charge on any atom is 0.153 e. The van der Waals surface area contributed by atoms with Gasteiger partial charge in [-0.15, -0.1) is 0 Å². The Kier molecular flexibility index (Phi) is 3.81. The molecule has 3 nitrogen and oxygen atoms in total. The molecule has 3 aromatic rings. The van der Waals surface area contributed by atoms with E-state index in [4.69, 9.17) is 40.5 Å². The summed E-state index contributed by atoms with van der Waals surface area (Å²) in [7, 11) is 0. The highest BCUT2D eigenvalue weighted by Gasteiger charge is 2.16. The van der Waals surface area contributed by atoms with Crippen molar-refractivity contribution >= 4 is 40.6 Å². The van der Waals surface area contributed by atoms with E-state index in [1.165, 1.54) is 0 Å². The lowest BCUT2D eigenvalue weighted by atomic mass is 10.0. The summed E-state index contributed by atoms with van der Waals surface area (Å²) in [5, 5.41) is 8.62. The second-order valence-corrected chi connectivity index (χ2v) is 5.75. The lowest BCUT2D eigenvalue weighted by molar-refractivity contribution is 1.10. The van der Waals surface area contributed by atoms with Crippen molar-refractivity contribution in [1.82, 2.24) is 10.2 Å². The Morgan fingerprint density at radius 3 is 2.43 bits per heavy atom. The van der Waals surface area contributed by atoms with Gasteiger partial charge in [-0.05, 0) is 29.8 Å². The van der Waals surface area contributed by atoms with E-state index in [0.717, 1.165) is 22.4 Å². The number of hydrogen-bond acceptors (Lipinski definition) is 2. The number of aromatic nitrogens is 2. The van der Waals surface area contributed by atoms with Gasteiger partial charge in [0.1, 0.15) is 0 Å². The van der Waals surface area contributed by atoms with Crippen LogP contribution in [0, 0.1) is 0 Å². The van der Waals surface area contributed by atoms with Crippen molar-refractivity contribution in [3.63, 3.8) is 0 Å². The van der Waals surface area contributed by atoms with Gasteiger partial charge >= 0.3 is 0 Å². The third-order valence-electron chi connectivity index (χ3n) is 3.12. The van der Waals surface area contributed by atoms with Gasteiger partial charge in [0.25, 0.3) is 0 Å². The molecule has 3 N–H and O–H groups in total. The zero-order chi connectivity index (χ0) is 15.0. The fraction of sp³-hybridized carbons (Fsp3) is 0. The maximum atomic E-state index is 6.08. The average Bonchev–Trinajstić information content (AvgIpc) is 2.84. The number of anilines is 1. The van der Waals surface area contributed by atoms with Gasteiger partial charge in [0, 0.05) is 10.6 Å². The van der Waals surface area contributed by atoms with Crippen molar-refractivity contribution in [2.45, 2.75) is 0 Å². The molecule has 0 atom stereocenters. The number of benzene rings is 2. The van der Waals surface area contributed by atoms with Crippen LogP contribution < -0.4 is 5.73 Å². The average molecular weight is 339 g/mol. The Balaban J connectivity index is 2.19. The molecule has 0 saturated carbocycles. The first-order valence-corrected chi connectivity index (χ1v) is 7.25. The maximum absolute atomic E-state index is 6.08. The van der Waals surface area contributed by atoms with Crippen molar-refractivity contribution in [2.75, 3.05) is 5.73 Å². The van der Waals surface area contributed by atoms with Crippen LogP contribution in [0.25, 0.3) is 22.4 Å². The van der Waals surface area contributed by atoms with Crippen molar-refractivity contribution in [3.8, 4) is 22.4 Å². The first-order valence-electron chi connectivity index (χ1n) is 6.11. The van der Waals surface area contributed by atoms with Crippen molar-refractivity contribution in [1.29, 1.82) is 0 Å². The molecular weight excluding hydrogens is 329 g/mol. The minimum atomic E-state index is 0.392. The highest BCUT2D eigenvalue weighted by Crippen LogP contribution is 2.37. The van der Waals surface area contributed by atoms with E-state index in [0.29, 0.717) is 20.9 Å². The number of nitrogens with two attached hydrogens (primary N) is 1. The molecule has 1 heterocycles. The lowest BCUT2D eigenvalue weighted by Gasteiger charge is -2.06. The Labute approximate surface area is 136 Å². The molecule has 0 unspecified atom stereocenters. The first kappa shape index (κ1) is 14.3. The highest BCUT2D eigenvalue weighted by atomic mass is 35.5. The quantitative estimate of drug-likeness (QED) is 0.667. The summed E-state index contributed by atoms with van der Waals surface area (Å²) < 4.78 is 0. The number of nitrogens with zero attached hydrogens (tertiary/aromatic N) is 1. The Morgan fingerprint density at radius 2 is 1.71 bits per heavy atom. The molecule has 1 aromatic heterocycles. The summed E-state index contributed by atoms with van der Waals surface area (Å²) in [6, 6.07) is 12.8. The number of H-pyrrole nitrogens is 1. The van der Waals surface area contributed by atoms with Gasteiger partial charge in [-0.1, -0.05) is 53.0 Å². The first-order chi connectivity index (χ1) is 10.1. The normalized spacial score (nSPS) is 10.8. The number of rotatable bonds is 2. The zero-order valence-electron chi connectivity index (χ0n) is 10.7. The Morgan fingerprint density at radius 1 is 0.905 bits per heavy atom. The lowest BCUT2D eigenvalue weighted by Crippen LogP contribution is -1.89.